The second-order valence-corrected chi connectivity index (χ2v) is 5.87. The number of aliphatic hydroxyl groups excluding tert-OH is 1. The van der Waals surface area contributed by atoms with Gasteiger partial charge in [-0.2, -0.15) is 0 Å². The molecular weight excluding hydrogens is 293 g/mol. The van der Waals surface area contributed by atoms with E-state index in [0.29, 0.717) is 5.92 Å². The topological polar surface area (TPSA) is 56.3 Å². The highest BCUT2D eigenvalue weighted by molar-refractivity contribution is 5.22. The molecule has 1 aliphatic heterocycles. The summed E-state index contributed by atoms with van der Waals surface area (Å²) in [6, 6.07) is 16.6. The van der Waals surface area contributed by atoms with E-state index in [1.807, 2.05) is 42.5 Å². The van der Waals surface area contributed by atoms with Gasteiger partial charge >= 0.3 is 0 Å². The van der Waals surface area contributed by atoms with E-state index in [1.54, 1.807) is 0 Å². The lowest BCUT2D eigenvalue weighted by molar-refractivity contribution is 0.237. The number of benzene rings is 2. The van der Waals surface area contributed by atoms with Crippen molar-refractivity contribution in [3.63, 3.8) is 0 Å². The van der Waals surface area contributed by atoms with Crippen molar-refractivity contribution in [1.82, 2.24) is 16.2 Å². The van der Waals surface area contributed by atoms with Gasteiger partial charge in [0.2, 0.25) is 0 Å². The van der Waals surface area contributed by atoms with Crippen LogP contribution in [0.25, 0.3) is 0 Å². The monoisotopic (exact) mass is 315 g/mol. The van der Waals surface area contributed by atoms with Crippen LogP contribution in [-0.4, -0.2) is 24.8 Å². The third-order valence-corrected chi connectivity index (χ3v) is 4.33. The van der Waals surface area contributed by atoms with Crippen LogP contribution in [0.2, 0.25) is 0 Å². The van der Waals surface area contributed by atoms with Crippen LogP contribution in [0.3, 0.4) is 0 Å². The standard InChI is InChI=1S/C18H22FN3O/c19-16-8-6-14(7-9-16)18-15(11-21-22-18)10-20-17(12-23)13-4-2-1-3-5-13/h1-9,15,17-18,20-23H,10-12H2/t15?,17-,18?/m0/s1. The molecule has 1 aliphatic rings. The van der Waals surface area contributed by atoms with Gasteiger partial charge in [0.1, 0.15) is 5.82 Å². The van der Waals surface area contributed by atoms with Gasteiger partial charge in [-0.3, -0.25) is 5.43 Å². The Morgan fingerprint density at radius 2 is 1.87 bits per heavy atom. The van der Waals surface area contributed by atoms with Crippen LogP contribution in [0.15, 0.2) is 54.6 Å². The minimum atomic E-state index is -0.223. The molecule has 1 heterocycles. The Balaban J connectivity index is 1.63. The van der Waals surface area contributed by atoms with Crippen LogP contribution in [0.5, 0.6) is 0 Å². The molecule has 0 saturated carbocycles. The summed E-state index contributed by atoms with van der Waals surface area (Å²) in [4.78, 5) is 0. The summed E-state index contributed by atoms with van der Waals surface area (Å²) in [5.41, 5.74) is 8.55. The number of hydrogen-bond donors (Lipinski definition) is 4. The normalized spacial score (nSPS) is 22.2. The van der Waals surface area contributed by atoms with E-state index in [0.717, 1.165) is 24.2 Å². The van der Waals surface area contributed by atoms with E-state index >= 15 is 0 Å². The first-order chi connectivity index (χ1) is 11.3. The molecule has 3 rings (SSSR count). The zero-order valence-corrected chi connectivity index (χ0v) is 12.9. The molecule has 1 fully saturated rings. The summed E-state index contributed by atoms with van der Waals surface area (Å²) in [5.74, 6) is 0.0945. The third kappa shape index (κ3) is 3.95. The highest BCUT2D eigenvalue weighted by atomic mass is 19.1. The van der Waals surface area contributed by atoms with Crippen molar-refractivity contribution in [3.05, 3.63) is 71.5 Å². The zero-order chi connectivity index (χ0) is 16.1. The molecule has 3 atom stereocenters. The summed E-state index contributed by atoms with van der Waals surface area (Å²) in [7, 11) is 0. The number of hydrogen-bond acceptors (Lipinski definition) is 4. The van der Waals surface area contributed by atoms with Crippen molar-refractivity contribution < 1.29 is 9.50 Å². The van der Waals surface area contributed by atoms with Crippen LogP contribution in [0.4, 0.5) is 4.39 Å². The molecule has 0 aromatic heterocycles. The Morgan fingerprint density at radius 3 is 2.57 bits per heavy atom. The van der Waals surface area contributed by atoms with Gasteiger partial charge in [0.25, 0.3) is 0 Å². The van der Waals surface area contributed by atoms with E-state index < -0.39 is 0 Å². The highest BCUT2D eigenvalue weighted by Crippen LogP contribution is 2.25. The minimum Gasteiger partial charge on any atom is -0.394 e. The fraction of sp³-hybridized carbons (Fsp3) is 0.333. The quantitative estimate of drug-likeness (QED) is 0.658. The Bertz CT molecular complexity index is 605. The average molecular weight is 315 g/mol. The summed E-state index contributed by atoms with van der Waals surface area (Å²) in [5, 5.41) is 13.1. The maximum Gasteiger partial charge on any atom is 0.123 e. The molecule has 4 N–H and O–H groups in total. The van der Waals surface area contributed by atoms with Crippen molar-refractivity contribution in [2.24, 2.45) is 5.92 Å². The maximum atomic E-state index is 13.1. The van der Waals surface area contributed by atoms with E-state index in [2.05, 4.69) is 16.2 Å². The molecule has 23 heavy (non-hydrogen) atoms. The Hall–Kier alpha value is -1.79. The number of aliphatic hydroxyl groups is 1. The van der Waals surface area contributed by atoms with Gasteiger partial charge in [0.05, 0.1) is 18.7 Å². The average Bonchev–Trinajstić information content (AvgIpc) is 3.06. The second-order valence-electron chi connectivity index (χ2n) is 5.87. The van der Waals surface area contributed by atoms with Crippen LogP contribution >= 0.6 is 0 Å². The maximum absolute atomic E-state index is 13.1. The first-order valence-electron chi connectivity index (χ1n) is 7.91. The summed E-state index contributed by atoms with van der Waals surface area (Å²) < 4.78 is 13.1. The fourth-order valence-corrected chi connectivity index (χ4v) is 3.02. The van der Waals surface area contributed by atoms with Gasteiger partial charge in [-0.05, 0) is 23.3 Å². The lowest BCUT2D eigenvalue weighted by Crippen LogP contribution is -2.32. The molecule has 0 spiro atoms. The van der Waals surface area contributed by atoms with E-state index in [-0.39, 0.29) is 24.5 Å². The SMILES string of the molecule is OC[C@H](NCC1CNNC1c1ccc(F)cc1)c1ccccc1. The van der Waals surface area contributed by atoms with E-state index in [4.69, 9.17) is 0 Å². The Morgan fingerprint density at radius 1 is 1.13 bits per heavy atom. The molecule has 2 aromatic carbocycles. The zero-order valence-electron chi connectivity index (χ0n) is 12.9. The number of halogens is 1. The van der Waals surface area contributed by atoms with Crippen LogP contribution < -0.4 is 16.2 Å². The van der Waals surface area contributed by atoms with E-state index in [1.165, 1.54) is 12.1 Å². The lowest BCUT2D eigenvalue weighted by atomic mass is 9.94. The molecule has 4 nitrogen and oxygen atoms in total. The summed E-state index contributed by atoms with van der Waals surface area (Å²) >= 11 is 0. The van der Waals surface area contributed by atoms with Crippen molar-refractivity contribution >= 4 is 0 Å². The predicted molar refractivity (Wildman–Crippen MR) is 88.0 cm³/mol. The smallest absolute Gasteiger partial charge is 0.123 e. The van der Waals surface area contributed by atoms with Gasteiger partial charge in [0, 0.05) is 19.0 Å². The molecule has 0 aliphatic carbocycles. The molecule has 2 unspecified atom stereocenters. The highest BCUT2D eigenvalue weighted by Gasteiger charge is 2.28. The van der Waals surface area contributed by atoms with Gasteiger partial charge in [-0.1, -0.05) is 42.5 Å². The van der Waals surface area contributed by atoms with Gasteiger partial charge in [-0.25, -0.2) is 9.82 Å². The van der Waals surface area contributed by atoms with Gasteiger partial charge in [-0.15, -0.1) is 0 Å². The molecular formula is C18H22FN3O. The predicted octanol–water partition coefficient (Wildman–Crippen LogP) is 1.91. The van der Waals surface area contributed by atoms with Gasteiger partial charge < -0.3 is 10.4 Å². The first kappa shape index (κ1) is 16.1. The van der Waals surface area contributed by atoms with Crippen LogP contribution in [-0.2, 0) is 0 Å². The minimum absolute atomic E-state index is 0.0544. The van der Waals surface area contributed by atoms with Crippen molar-refractivity contribution in [2.75, 3.05) is 19.7 Å². The molecule has 122 valence electrons. The number of nitrogens with one attached hydrogen (secondary N) is 3. The van der Waals surface area contributed by atoms with Gasteiger partial charge in [0.15, 0.2) is 0 Å². The first-order valence-corrected chi connectivity index (χ1v) is 7.91. The number of hydrazine groups is 1. The third-order valence-electron chi connectivity index (χ3n) is 4.33. The van der Waals surface area contributed by atoms with Crippen LogP contribution in [0.1, 0.15) is 23.2 Å². The fourth-order valence-electron chi connectivity index (χ4n) is 3.02. The summed E-state index contributed by atoms with van der Waals surface area (Å²) in [6.07, 6.45) is 0. The number of rotatable bonds is 6. The summed E-state index contributed by atoms with van der Waals surface area (Å²) in [6.45, 7) is 1.63. The van der Waals surface area contributed by atoms with E-state index in [9.17, 15) is 9.50 Å². The lowest BCUT2D eigenvalue weighted by Gasteiger charge is -2.23. The molecule has 0 radical (unpaired) electrons. The second kappa shape index (κ2) is 7.66. The van der Waals surface area contributed by atoms with Crippen molar-refractivity contribution in [3.8, 4) is 0 Å². The Kier molecular flexibility index (Phi) is 5.35. The van der Waals surface area contributed by atoms with Crippen molar-refractivity contribution in [1.29, 1.82) is 0 Å². The Labute approximate surface area is 135 Å². The largest absolute Gasteiger partial charge is 0.394 e. The molecule has 2 aromatic rings. The van der Waals surface area contributed by atoms with Crippen LogP contribution in [0, 0.1) is 11.7 Å². The van der Waals surface area contributed by atoms with Crippen molar-refractivity contribution in [2.45, 2.75) is 12.1 Å². The molecule has 0 bridgehead atoms. The molecule has 1 saturated heterocycles. The molecule has 5 heteroatoms. The molecule has 0 amide bonds.